The number of rotatable bonds is 2. The lowest BCUT2D eigenvalue weighted by Crippen LogP contribution is -1.89. The van der Waals surface area contributed by atoms with Gasteiger partial charge in [0.15, 0.2) is 0 Å². The number of aromatic nitrogens is 5. The average molecular weight is 279 g/mol. The molecule has 0 saturated heterocycles. The maximum atomic E-state index is 5.15. The van der Waals surface area contributed by atoms with Crippen LogP contribution in [0.1, 0.15) is 0 Å². The number of pyridine rings is 1. The van der Waals surface area contributed by atoms with E-state index in [1.54, 1.807) is 11.8 Å². The first-order valence-electron chi connectivity index (χ1n) is 6.58. The molecule has 4 aromatic rings. The summed E-state index contributed by atoms with van der Waals surface area (Å²) in [5, 5.41) is 9.20. The van der Waals surface area contributed by atoms with Crippen molar-refractivity contribution < 1.29 is 4.74 Å². The van der Waals surface area contributed by atoms with E-state index in [2.05, 4.69) is 26.3 Å². The van der Waals surface area contributed by atoms with Gasteiger partial charge in [-0.25, -0.2) is 4.68 Å². The predicted octanol–water partition coefficient (Wildman–Crippen LogP) is 2.52. The number of nitrogens with one attached hydrogen (secondary N) is 1. The van der Waals surface area contributed by atoms with Crippen LogP contribution in [0.5, 0.6) is 5.88 Å². The summed E-state index contributed by atoms with van der Waals surface area (Å²) in [5.41, 5.74) is 4.91. The molecule has 1 aromatic carbocycles. The van der Waals surface area contributed by atoms with E-state index in [0.29, 0.717) is 5.88 Å². The van der Waals surface area contributed by atoms with Crippen LogP contribution in [0.4, 0.5) is 0 Å². The van der Waals surface area contributed by atoms with E-state index in [9.17, 15) is 0 Å². The number of aromatic amines is 1. The van der Waals surface area contributed by atoms with E-state index in [1.807, 2.05) is 37.5 Å². The largest absolute Gasteiger partial charge is 0.481 e. The molecule has 0 aliphatic heterocycles. The third-order valence-corrected chi connectivity index (χ3v) is 3.64. The van der Waals surface area contributed by atoms with Gasteiger partial charge in [0, 0.05) is 30.3 Å². The highest BCUT2D eigenvalue weighted by Gasteiger charge is 2.10. The van der Waals surface area contributed by atoms with Crippen molar-refractivity contribution in [3.63, 3.8) is 0 Å². The molecule has 6 nitrogen and oxygen atoms in total. The van der Waals surface area contributed by atoms with Gasteiger partial charge in [0.1, 0.15) is 11.2 Å². The lowest BCUT2D eigenvalue weighted by molar-refractivity contribution is 0.399. The van der Waals surface area contributed by atoms with Crippen molar-refractivity contribution in [2.75, 3.05) is 7.11 Å². The minimum atomic E-state index is 0.599. The zero-order valence-electron chi connectivity index (χ0n) is 11.7. The summed E-state index contributed by atoms with van der Waals surface area (Å²) < 4.78 is 6.92. The summed E-state index contributed by atoms with van der Waals surface area (Å²) >= 11 is 0. The molecule has 4 rings (SSSR count). The summed E-state index contributed by atoms with van der Waals surface area (Å²) in [7, 11) is 3.50. The second kappa shape index (κ2) is 4.31. The molecule has 1 N–H and O–H groups in total. The molecule has 21 heavy (non-hydrogen) atoms. The smallest absolute Gasteiger partial charge is 0.214 e. The molecule has 6 heteroatoms. The Morgan fingerprint density at radius 1 is 1.19 bits per heavy atom. The minimum absolute atomic E-state index is 0.599. The van der Waals surface area contributed by atoms with Crippen molar-refractivity contribution in [3.05, 3.63) is 36.5 Å². The highest BCUT2D eigenvalue weighted by Crippen LogP contribution is 2.30. The first-order valence-corrected chi connectivity index (χ1v) is 6.58. The van der Waals surface area contributed by atoms with Crippen molar-refractivity contribution in [3.8, 4) is 17.0 Å². The molecule has 0 aliphatic rings. The Hall–Kier alpha value is -2.89. The van der Waals surface area contributed by atoms with Crippen LogP contribution in [-0.2, 0) is 7.05 Å². The summed E-state index contributed by atoms with van der Waals surface area (Å²) in [6, 6.07) is 9.99. The molecule has 0 atom stereocenters. The number of hydrogen-bond acceptors (Lipinski definition) is 4. The van der Waals surface area contributed by atoms with Gasteiger partial charge in [0.05, 0.1) is 12.6 Å². The van der Waals surface area contributed by atoms with Gasteiger partial charge in [0.25, 0.3) is 0 Å². The fourth-order valence-electron chi connectivity index (χ4n) is 2.54. The first kappa shape index (κ1) is 11.9. The minimum Gasteiger partial charge on any atom is -0.481 e. The molecule has 0 fully saturated rings. The Kier molecular flexibility index (Phi) is 2.44. The molecular weight excluding hydrogens is 266 g/mol. The van der Waals surface area contributed by atoms with Crippen molar-refractivity contribution in [2.24, 2.45) is 7.05 Å². The van der Waals surface area contributed by atoms with Gasteiger partial charge in [-0.05, 0) is 23.8 Å². The summed E-state index contributed by atoms with van der Waals surface area (Å²) in [4.78, 5) is 7.59. The van der Waals surface area contributed by atoms with Gasteiger partial charge in [-0.1, -0.05) is 11.3 Å². The molecule has 0 bridgehead atoms. The van der Waals surface area contributed by atoms with E-state index in [4.69, 9.17) is 4.74 Å². The molecule has 3 aromatic heterocycles. The molecule has 0 spiro atoms. The summed E-state index contributed by atoms with van der Waals surface area (Å²) in [5.74, 6) is 0.599. The summed E-state index contributed by atoms with van der Waals surface area (Å²) in [6.07, 6.45) is 1.96. The van der Waals surface area contributed by atoms with E-state index in [-0.39, 0.29) is 0 Å². The van der Waals surface area contributed by atoms with Gasteiger partial charge in [0.2, 0.25) is 5.88 Å². The monoisotopic (exact) mass is 279 g/mol. The van der Waals surface area contributed by atoms with Crippen LogP contribution in [0.15, 0.2) is 36.5 Å². The van der Waals surface area contributed by atoms with Crippen LogP contribution in [0, 0.1) is 0 Å². The van der Waals surface area contributed by atoms with E-state index >= 15 is 0 Å². The number of fused-ring (bicyclic) bond motifs is 2. The van der Waals surface area contributed by atoms with Gasteiger partial charge in [-0.2, -0.15) is 4.98 Å². The van der Waals surface area contributed by atoms with Crippen LogP contribution in [0.2, 0.25) is 0 Å². The number of hydrogen-bond donors (Lipinski definition) is 1. The van der Waals surface area contributed by atoms with Crippen molar-refractivity contribution in [1.82, 2.24) is 25.0 Å². The zero-order chi connectivity index (χ0) is 14.4. The molecule has 0 amide bonds. The number of benzene rings is 1. The normalized spacial score (nSPS) is 11.3. The zero-order valence-corrected chi connectivity index (χ0v) is 11.7. The molecule has 0 unspecified atom stereocenters. The molecule has 0 radical (unpaired) electrons. The van der Waals surface area contributed by atoms with Crippen LogP contribution in [0.3, 0.4) is 0 Å². The van der Waals surface area contributed by atoms with Crippen molar-refractivity contribution in [1.29, 1.82) is 0 Å². The van der Waals surface area contributed by atoms with Crippen LogP contribution >= 0.6 is 0 Å². The average Bonchev–Trinajstić information content (AvgIpc) is 3.10. The maximum absolute atomic E-state index is 5.15. The molecule has 0 saturated carbocycles. The number of aryl methyl sites for hydroxylation is 1. The Balaban J connectivity index is 1.93. The quantitative estimate of drug-likeness (QED) is 0.612. The number of ether oxygens (including phenoxy) is 1. The number of nitrogens with zero attached hydrogens (tertiary/aromatic N) is 4. The van der Waals surface area contributed by atoms with Gasteiger partial charge >= 0.3 is 0 Å². The summed E-state index contributed by atoms with van der Waals surface area (Å²) in [6.45, 7) is 0. The van der Waals surface area contributed by atoms with Gasteiger partial charge in [-0.3, -0.25) is 0 Å². The Bertz CT molecular complexity index is 953. The van der Waals surface area contributed by atoms with Crippen LogP contribution < -0.4 is 4.74 Å². The van der Waals surface area contributed by atoms with Crippen molar-refractivity contribution in [2.45, 2.75) is 0 Å². The molecule has 104 valence electrons. The molecule has 3 heterocycles. The number of methoxy groups -OCH3 is 1. The highest BCUT2D eigenvalue weighted by molar-refractivity contribution is 5.95. The Morgan fingerprint density at radius 2 is 2.10 bits per heavy atom. The second-order valence-corrected chi connectivity index (χ2v) is 4.87. The fraction of sp³-hybridized carbons (Fsp3) is 0.133. The van der Waals surface area contributed by atoms with E-state index < -0.39 is 0 Å². The van der Waals surface area contributed by atoms with Crippen LogP contribution in [-0.4, -0.2) is 32.1 Å². The topological polar surface area (TPSA) is 68.6 Å². The number of H-pyrrole nitrogens is 1. The standard InChI is InChI=1S/C15H13N5O/c1-20-13-7-9(3-5-12(13)18-19-20)11-8-16-15-10(11)4-6-14(17-15)21-2/h3-8H,1-2H3,(H,16,17). The maximum Gasteiger partial charge on any atom is 0.214 e. The second-order valence-electron chi connectivity index (χ2n) is 4.87. The highest BCUT2D eigenvalue weighted by atomic mass is 16.5. The van der Waals surface area contributed by atoms with E-state index in [1.165, 1.54) is 0 Å². The Morgan fingerprint density at radius 3 is 2.95 bits per heavy atom. The molecule has 0 aliphatic carbocycles. The third kappa shape index (κ3) is 1.76. The third-order valence-electron chi connectivity index (χ3n) is 3.64. The lowest BCUT2D eigenvalue weighted by atomic mass is 10.1. The Labute approximate surface area is 120 Å². The lowest BCUT2D eigenvalue weighted by Gasteiger charge is -2.01. The van der Waals surface area contributed by atoms with Gasteiger partial charge in [-0.15, -0.1) is 5.10 Å². The van der Waals surface area contributed by atoms with Crippen molar-refractivity contribution >= 4 is 22.1 Å². The SMILES string of the molecule is COc1ccc2c(-c3ccc4nnn(C)c4c3)c[nH]c2n1. The fourth-order valence-corrected chi connectivity index (χ4v) is 2.54. The van der Waals surface area contributed by atoms with Crippen LogP contribution in [0.25, 0.3) is 33.2 Å². The predicted molar refractivity (Wildman–Crippen MR) is 80.1 cm³/mol. The van der Waals surface area contributed by atoms with E-state index in [0.717, 1.165) is 33.2 Å². The molecular formula is C15H13N5O. The first-order chi connectivity index (χ1) is 10.3. The van der Waals surface area contributed by atoms with Gasteiger partial charge < -0.3 is 9.72 Å².